The summed E-state index contributed by atoms with van der Waals surface area (Å²) in [4.78, 5) is 4.85. The van der Waals surface area contributed by atoms with E-state index in [1.807, 2.05) is 12.3 Å². The predicted octanol–water partition coefficient (Wildman–Crippen LogP) is 5.90. The fourth-order valence-electron chi connectivity index (χ4n) is 4.78. The van der Waals surface area contributed by atoms with E-state index in [1.54, 1.807) is 6.08 Å². The van der Waals surface area contributed by atoms with Gasteiger partial charge in [-0.2, -0.15) is 0 Å². The van der Waals surface area contributed by atoms with Crippen molar-refractivity contribution in [1.29, 1.82) is 0 Å². The monoisotopic (exact) mass is 335 g/mol. The van der Waals surface area contributed by atoms with Crippen LogP contribution in [0.3, 0.4) is 0 Å². The summed E-state index contributed by atoms with van der Waals surface area (Å²) in [6.07, 6.45) is 14.3. The molecule has 4 rings (SSSR count). The van der Waals surface area contributed by atoms with Crippen LogP contribution in [-0.2, 0) is 0 Å². The number of alkyl halides is 1. The second kappa shape index (κ2) is 6.09. The SMILES string of the molecule is CC1=CC(C2=NC=CC3=C4CC(F)C=CC4=CC(C)C23)C(C)C(C)=C1. The minimum absolute atomic E-state index is 0.268. The fraction of sp³-hybridized carbons (Fsp3) is 0.435. The third kappa shape index (κ3) is 2.72. The molecule has 0 saturated heterocycles. The molecule has 0 aromatic rings. The summed E-state index contributed by atoms with van der Waals surface area (Å²) in [5, 5.41) is 0. The van der Waals surface area contributed by atoms with E-state index in [2.05, 4.69) is 52.0 Å². The number of halogens is 1. The summed E-state index contributed by atoms with van der Waals surface area (Å²) in [6.45, 7) is 8.95. The Bertz CT molecular complexity index is 815. The van der Waals surface area contributed by atoms with Gasteiger partial charge in [0, 0.05) is 30.2 Å². The fourth-order valence-corrected chi connectivity index (χ4v) is 4.78. The molecule has 0 aromatic carbocycles. The quantitative estimate of drug-likeness (QED) is 0.566. The first kappa shape index (κ1) is 16.5. The Morgan fingerprint density at radius 1 is 1.12 bits per heavy atom. The van der Waals surface area contributed by atoms with Crippen molar-refractivity contribution in [2.75, 3.05) is 0 Å². The molecule has 1 nitrogen and oxygen atoms in total. The van der Waals surface area contributed by atoms with Crippen LogP contribution >= 0.6 is 0 Å². The zero-order valence-corrected chi connectivity index (χ0v) is 15.5. The lowest BCUT2D eigenvalue weighted by molar-refractivity contribution is 0.391. The van der Waals surface area contributed by atoms with Crippen molar-refractivity contribution in [3.63, 3.8) is 0 Å². The normalized spacial score (nSPS) is 36.9. The van der Waals surface area contributed by atoms with Gasteiger partial charge >= 0.3 is 0 Å². The largest absolute Gasteiger partial charge is 0.264 e. The van der Waals surface area contributed by atoms with Crippen molar-refractivity contribution in [2.24, 2.45) is 28.7 Å². The summed E-state index contributed by atoms with van der Waals surface area (Å²) in [5.74, 6) is 1.43. The number of rotatable bonds is 1. The minimum Gasteiger partial charge on any atom is -0.264 e. The second-order valence-corrected chi connectivity index (χ2v) is 7.96. The van der Waals surface area contributed by atoms with Gasteiger partial charge in [0.05, 0.1) is 0 Å². The summed E-state index contributed by atoms with van der Waals surface area (Å²) in [5.41, 5.74) is 7.65. The average molecular weight is 335 g/mol. The Morgan fingerprint density at radius 3 is 2.72 bits per heavy atom. The van der Waals surface area contributed by atoms with E-state index in [0.717, 1.165) is 0 Å². The maximum atomic E-state index is 14.0. The molecule has 3 aliphatic carbocycles. The van der Waals surface area contributed by atoms with Crippen molar-refractivity contribution >= 4 is 5.71 Å². The highest BCUT2D eigenvalue weighted by atomic mass is 19.1. The number of allylic oxidation sites excluding steroid dienone is 11. The second-order valence-electron chi connectivity index (χ2n) is 7.96. The smallest absolute Gasteiger partial charge is 0.123 e. The zero-order chi connectivity index (χ0) is 17.7. The lowest BCUT2D eigenvalue weighted by atomic mass is 9.66. The van der Waals surface area contributed by atoms with E-state index in [9.17, 15) is 4.39 Å². The highest BCUT2D eigenvalue weighted by Crippen LogP contribution is 2.45. The van der Waals surface area contributed by atoms with Gasteiger partial charge in [-0.05, 0) is 54.6 Å². The zero-order valence-electron chi connectivity index (χ0n) is 15.5. The number of fused-ring (bicyclic) bond motifs is 2. The first-order chi connectivity index (χ1) is 12.0. The van der Waals surface area contributed by atoms with E-state index in [-0.39, 0.29) is 5.92 Å². The van der Waals surface area contributed by atoms with Crippen LogP contribution in [0.1, 0.15) is 34.1 Å². The van der Waals surface area contributed by atoms with Gasteiger partial charge in [0.2, 0.25) is 0 Å². The Balaban J connectivity index is 1.78. The molecule has 0 bridgehead atoms. The Labute approximate surface area is 150 Å². The first-order valence-corrected chi connectivity index (χ1v) is 9.34. The lowest BCUT2D eigenvalue weighted by Crippen LogP contribution is -2.36. The molecule has 2 heteroatoms. The summed E-state index contributed by atoms with van der Waals surface area (Å²) in [7, 11) is 0. The summed E-state index contributed by atoms with van der Waals surface area (Å²) >= 11 is 0. The van der Waals surface area contributed by atoms with Crippen LogP contribution in [0, 0.1) is 23.7 Å². The highest BCUT2D eigenvalue weighted by molar-refractivity contribution is 5.96. The third-order valence-electron chi connectivity index (χ3n) is 6.18. The highest BCUT2D eigenvalue weighted by Gasteiger charge is 2.38. The molecule has 0 radical (unpaired) electrons. The van der Waals surface area contributed by atoms with E-state index < -0.39 is 6.17 Å². The van der Waals surface area contributed by atoms with E-state index >= 15 is 0 Å². The average Bonchev–Trinajstić information content (AvgIpc) is 2.58. The van der Waals surface area contributed by atoms with Gasteiger partial charge in [0.15, 0.2) is 0 Å². The molecule has 5 atom stereocenters. The van der Waals surface area contributed by atoms with E-state index in [4.69, 9.17) is 4.99 Å². The summed E-state index contributed by atoms with van der Waals surface area (Å²) < 4.78 is 14.0. The van der Waals surface area contributed by atoms with Gasteiger partial charge in [-0.15, -0.1) is 0 Å². The topological polar surface area (TPSA) is 12.4 Å². The number of nitrogens with zero attached hydrogens (tertiary/aromatic N) is 1. The molecule has 0 amide bonds. The molecule has 4 aliphatic rings. The van der Waals surface area contributed by atoms with Crippen molar-refractivity contribution in [2.45, 2.75) is 40.3 Å². The van der Waals surface area contributed by atoms with Gasteiger partial charge < -0.3 is 0 Å². The molecule has 1 aliphatic heterocycles. The van der Waals surface area contributed by atoms with E-state index in [1.165, 1.54) is 33.6 Å². The third-order valence-corrected chi connectivity index (χ3v) is 6.18. The van der Waals surface area contributed by atoms with Gasteiger partial charge in [-0.3, -0.25) is 4.99 Å². The van der Waals surface area contributed by atoms with Crippen LogP contribution in [0.4, 0.5) is 4.39 Å². The molecule has 0 N–H and O–H groups in total. The van der Waals surface area contributed by atoms with Crippen LogP contribution in [-0.4, -0.2) is 11.9 Å². The van der Waals surface area contributed by atoms with Crippen molar-refractivity contribution in [1.82, 2.24) is 0 Å². The molecule has 5 unspecified atom stereocenters. The molecule has 0 saturated carbocycles. The molecular formula is C23H26FN. The molecule has 0 spiro atoms. The Kier molecular flexibility index (Phi) is 4.02. The molecular weight excluding hydrogens is 309 g/mol. The van der Waals surface area contributed by atoms with Crippen LogP contribution in [0.25, 0.3) is 0 Å². The molecule has 25 heavy (non-hydrogen) atoms. The first-order valence-electron chi connectivity index (χ1n) is 9.34. The predicted molar refractivity (Wildman–Crippen MR) is 103 cm³/mol. The maximum absolute atomic E-state index is 14.0. The van der Waals surface area contributed by atoms with Gasteiger partial charge in [0.25, 0.3) is 0 Å². The number of hydrogen-bond acceptors (Lipinski definition) is 1. The number of hydrogen-bond donors (Lipinski definition) is 0. The van der Waals surface area contributed by atoms with Crippen LogP contribution in [0.2, 0.25) is 0 Å². The summed E-state index contributed by atoms with van der Waals surface area (Å²) in [6, 6.07) is 0. The lowest BCUT2D eigenvalue weighted by Gasteiger charge is -2.39. The van der Waals surface area contributed by atoms with Gasteiger partial charge in [-0.25, -0.2) is 4.39 Å². The molecule has 130 valence electrons. The van der Waals surface area contributed by atoms with Gasteiger partial charge in [0.1, 0.15) is 6.17 Å². The minimum atomic E-state index is -0.870. The van der Waals surface area contributed by atoms with Crippen molar-refractivity contribution in [3.05, 3.63) is 70.5 Å². The van der Waals surface area contributed by atoms with Crippen LogP contribution in [0.15, 0.2) is 75.5 Å². The molecule has 1 heterocycles. The molecule has 0 fully saturated rings. The van der Waals surface area contributed by atoms with Crippen molar-refractivity contribution < 1.29 is 4.39 Å². The van der Waals surface area contributed by atoms with Gasteiger partial charge in [-0.1, -0.05) is 49.3 Å². The maximum Gasteiger partial charge on any atom is 0.123 e. The Morgan fingerprint density at radius 2 is 1.92 bits per heavy atom. The van der Waals surface area contributed by atoms with Crippen LogP contribution in [0.5, 0.6) is 0 Å². The standard InChI is InChI=1S/C23H26FN/c1-13-9-14(2)16(4)20(10-13)23-22-15(3)11-17-5-6-18(24)12-21(17)19(22)7-8-25-23/h5-11,15-16,18,20,22H,12H2,1-4H3. The van der Waals surface area contributed by atoms with E-state index in [0.29, 0.717) is 24.2 Å². The van der Waals surface area contributed by atoms with Crippen molar-refractivity contribution in [3.8, 4) is 0 Å². The Hall–Kier alpha value is -1.96. The van der Waals surface area contributed by atoms with Crippen LogP contribution < -0.4 is 0 Å². The number of aliphatic imine (C=N–C) groups is 1. The molecule has 0 aromatic heterocycles.